The lowest BCUT2D eigenvalue weighted by Crippen LogP contribution is -2.23. The number of nitrogens with zero attached hydrogens (tertiary/aromatic N) is 2. The van der Waals surface area contributed by atoms with E-state index in [0.29, 0.717) is 29.6 Å². The lowest BCUT2D eigenvalue weighted by Gasteiger charge is -2.12. The Morgan fingerprint density at radius 2 is 1.91 bits per heavy atom. The van der Waals surface area contributed by atoms with Gasteiger partial charge in [-0.15, -0.1) is 0 Å². The van der Waals surface area contributed by atoms with Crippen LogP contribution in [0.1, 0.15) is 19.5 Å². The van der Waals surface area contributed by atoms with E-state index < -0.39 is 23.0 Å². The van der Waals surface area contributed by atoms with Crippen molar-refractivity contribution in [2.75, 3.05) is 6.61 Å². The van der Waals surface area contributed by atoms with Gasteiger partial charge in [-0.05, 0) is 37.6 Å². The minimum absolute atomic E-state index is 0.0105. The number of ether oxygens (including phenoxy) is 3. The van der Waals surface area contributed by atoms with Crippen molar-refractivity contribution >= 4 is 0 Å². The molecule has 32 heavy (non-hydrogen) atoms. The van der Waals surface area contributed by atoms with Gasteiger partial charge in [0.1, 0.15) is 18.2 Å². The molecule has 6 nitrogen and oxygen atoms in total. The van der Waals surface area contributed by atoms with Crippen LogP contribution in [0.25, 0.3) is 11.1 Å². The van der Waals surface area contributed by atoms with Crippen LogP contribution in [-0.2, 0) is 17.9 Å². The predicted molar refractivity (Wildman–Crippen MR) is 110 cm³/mol. The summed E-state index contributed by atoms with van der Waals surface area (Å²) in [6, 6.07) is 9.24. The minimum atomic E-state index is -1.25. The van der Waals surface area contributed by atoms with Gasteiger partial charge in [0.2, 0.25) is 0 Å². The predicted octanol–water partition coefficient (Wildman–Crippen LogP) is 4.09. The van der Waals surface area contributed by atoms with E-state index in [1.807, 2.05) is 13.8 Å². The van der Waals surface area contributed by atoms with Crippen LogP contribution in [0.5, 0.6) is 11.8 Å². The molecule has 9 heteroatoms. The maximum atomic E-state index is 14.0. The van der Waals surface area contributed by atoms with Crippen molar-refractivity contribution in [3.63, 3.8) is 0 Å². The van der Waals surface area contributed by atoms with Crippen LogP contribution < -0.4 is 15.0 Å². The fourth-order valence-corrected chi connectivity index (χ4v) is 3.35. The van der Waals surface area contributed by atoms with Gasteiger partial charge in [-0.25, -0.2) is 13.2 Å². The Morgan fingerprint density at radius 1 is 1.16 bits per heavy atom. The van der Waals surface area contributed by atoms with Crippen molar-refractivity contribution in [2.45, 2.75) is 39.2 Å². The van der Waals surface area contributed by atoms with Crippen LogP contribution in [0.3, 0.4) is 0 Å². The Morgan fingerprint density at radius 3 is 2.62 bits per heavy atom. The van der Waals surface area contributed by atoms with Crippen molar-refractivity contribution in [2.24, 2.45) is 0 Å². The molecule has 2 heterocycles. The summed E-state index contributed by atoms with van der Waals surface area (Å²) >= 11 is 0. The average molecular weight is 446 g/mol. The summed E-state index contributed by atoms with van der Waals surface area (Å²) in [5, 5.41) is 0. The largest absolute Gasteiger partial charge is 0.490 e. The molecule has 0 aliphatic carbocycles. The summed E-state index contributed by atoms with van der Waals surface area (Å²) in [5.41, 5.74) is 0.410. The molecular weight excluding hydrogens is 425 g/mol. The smallest absolute Gasteiger partial charge is 0.300 e. The van der Waals surface area contributed by atoms with Crippen molar-refractivity contribution in [3.05, 3.63) is 76.0 Å². The number of fused-ring (bicyclic) bond motifs is 1. The third-order valence-corrected chi connectivity index (χ3v) is 4.89. The highest BCUT2D eigenvalue weighted by Gasteiger charge is 2.26. The average Bonchev–Trinajstić information content (AvgIpc) is 3.16. The molecule has 0 radical (unpaired) electrons. The number of rotatable bonds is 7. The van der Waals surface area contributed by atoms with Gasteiger partial charge in [0.05, 0.1) is 24.9 Å². The van der Waals surface area contributed by atoms with Gasteiger partial charge in [-0.3, -0.25) is 9.36 Å². The number of benzene rings is 2. The maximum absolute atomic E-state index is 14.0. The normalized spacial score (nSPS) is 15.0. The monoisotopic (exact) mass is 446 g/mol. The van der Waals surface area contributed by atoms with Crippen molar-refractivity contribution < 1.29 is 27.4 Å². The highest BCUT2D eigenvalue weighted by molar-refractivity contribution is 5.65. The zero-order chi connectivity index (χ0) is 22.8. The first kappa shape index (κ1) is 21.9. The first-order valence-corrected chi connectivity index (χ1v) is 10.1. The lowest BCUT2D eigenvalue weighted by atomic mass is 10.0. The fourth-order valence-electron chi connectivity index (χ4n) is 3.35. The second-order valence-corrected chi connectivity index (χ2v) is 7.66. The lowest BCUT2D eigenvalue weighted by molar-refractivity contribution is 0.0613. The number of aromatic nitrogens is 2. The van der Waals surface area contributed by atoms with Crippen LogP contribution in [0.4, 0.5) is 13.2 Å². The Hall–Kier alpha value is -3.33. The summed E-state index contributed by atoms with van der Waals surface area (Å²) in [6.45, 7) is 4.68. The van der Waals surface area contributed by atoms with E-state index in [0.717, 1.165) is 6.07 Å². The van der Waals surface area contributed by atoms with Gasteiger partial charge >= 0.3 is 6.01 Å². The zero-order valence-electron chi connectivity index (χ0n) is 17.5. The SMILES string of the molecule is CC(C)OCc1cc(=O)nc2n1CC(COc1ccc(-c3cc(F)cc(F)c3F)cc1)O2. The van der Waals surface area contributed by atoms with Gasteiger partial charge in [0.25, 0.3) is 5.56 Å². The van der Waals surface area contributed by atoms with Gasteiger partial charge < -0.3 is 14.2 Å². The molecule has 1 aliphatic rings. The van der Waals surface area contributed by atoms with E-state index in [9.17, 15) is 18.0 Å². The van der Waals surface area contributed by atoms with E-state index >= 15 is 0 Å². The third kappa shape index (κ3) is 4.77. The van der Waals surface area contributed by atoms with Gasteiger partial charge in [-0.1, -0.05) is 12.1 Å². The standard InChI is InChI=1S/C23H21F3N2O4/c1-13(2)30-11-16-9-21(29)27-23-28(16)10-18(32-23)12-31-17-5-3-14(4-6-17)19-7-15(24)8-20(25)22(19)26/h3-9,13,18H,10-12H2,1-2H3. The molecular formula is C23H21F3N2O4. The molecule has 3 aromatic rings. The summed E-state index contributed by atoms with van der Waals surface area (Å²) in [6.07, 6.45) is -0.368. The molecule has 1 aromatic heterocycles. The Labute approximate surface area is 182 Å². The zero-order valence-corrected chi connectivity index (χ0v) is 17.5. The number of hydrogen-bond donors (Lipinski definition) is 0. The van der Waals surface area contributed by atoms with Gasteiger partial charge in [0, 0.05) is 17.7 Å². The molecule has 0 spiro atoms. The summed E-state index contributed by atoms with van der Waals surface area (Å²) < 4.78 is 59.7. The van der Waals surface area contributed by atoms with E-state index in [2.05, 4.69) is 4.98 Å². The van der Waals surface area contributed by atoms with Crippen molar-refractivity contribution in [3.8, 4) is 22.9 Å². The highest BCUT2D eigenvalue weighted by atomic mass is 19.2. The van der Waals surface area contributed by atoms with E-state index in [1.165, 1.54) is 18.2 Å². The number of hydrogen-bond acceptors (Lipinski definition) is 5. The Bertz CT molecular complexity index is 1180. The summed E-state index contributed by atoms with van der Waals surface area (Å²) in [7, 11) is 0. The molecule has 0 saturated heterocycles. The maximum Gasteiger partial charge on any atom is 0.300 e. The van der Waals surface area contributed by atoms with Crippen molar-refractivity contribution in [1.82, 2.24) is 9.55 Å². The molecule has 0 N–H and O–H groups in total. The van der Waals surface area contributed by atoms with Crippen LogP contribution >= 0.6 is 0 Å². The molecule has 1 atom stereocenters. The minimum Gasteiger partial charge on any atom is -0.490 e. The highest BCUT2D eigenvalue weighted by Crippen LogP contribution is 2.28. The Kier molecular flexibility index (Phi) is 6.18. The quantitative estimate of drug-likeness (QED) is 0.512. The fraction of sp³-hybridized carbons (Fsp3) is 0.304. The van der Waals surface area contributed by atoms with Crippen LogP contribution in [-0.4, -0.2) is 28.4 Å². The number of halogens is 3. The molecule has 1 unspecified atom stereocenters. The van der Waals surface area contributed by atoms with Gasteiger partial charge in [-0.2, -0.15) is 4.98 Å². The molecule has 0 amide bonds. The first-order chi connectivity index (χ1) is 15.3. The van der Waals surface area contributed by atoms with E-state index in [-0.39, 0.29) is 37.0 Å². The van der Waals surface area contributed by atoms with Crippen molar-refractivity contribution in [1.29, 1.82) is 0 Å². The summed E-state index contributed by atoms with van der Waals surface area (Å²) in [5.74, 6) is -2.75. The van der Waals surface area contributed by atoms with Gasteiger partial charge in [0.15, 0.2) is 17.7 Å². The molecule has 1 aliphatic heterocycles. The molecule has 168 valence electrons. The molecule has 2 aromatic carbocycles. The van der Waals surface area contributed by atoms with Crippen LogP contribution in [0.2, 0.25) is 0 Å². The molecule has 4 rings (SSSR count). The third-order valence-electron chi connectivity index (χ3n) is 4.89. The Balaban J connectivity index is 1.41. The van der Waals surface area contributed by atoms with Crippen LogP contribution in [0, 0.1) is 17.5 Å². The molecule has 0 bridgehead atoms. The topological polar surface area (TPSA) is 62.6 Å². The van der Waals surface area contributed by atoms with E-state index in [4.69, 9.17) is 14.2 Å². The molecule has 0 saturated carbocycles. The molecule has 0 fully saturated rings. The second kappa shape index (κ2) is 9.04. The van der Waals surface area contributed by atoms with E-state index in [1.54, 1.807) is 16.7 Å². The summed E-state index contributed by atoms with van der Waals surface area (Å²) in [4.78, 5) is 15.7. The van der Waals surface area contributed by atoms with Crippen LogP contribution in [0.15, 0.2) is 47.3 Å². The first-order valence-electron chi connectivity index (χ1n) is 10.1. The second-order valence-electron chi connectivity index (χ2n) is 7.66.